The average molecular weight is 329 g/mol. The standard InChI is InChI=1S/C11H9FIN3/c1-7-2-3-9(4-10(7)12)16-11-14-5-8(13)6-15-11/h2-6H,1H3,(H,14,15,16). The summed E-state index contributed by atoms with van der Waals surface area (Å²) >= 11 is 2.12. The first-order valence-electron chi connectivity index (χ1n) is 4.66. The molecule has 0 saturated heterocycles. The predicted octanol–water partition coefficient (Wildman–Crippen LogP) is 3.27. The Balaban J connectivity index is 2.20. The average Bonchev–Trinajstić information content (AvgIpc) is 2.27. The van der Waals surface area contributed by atoms with Gasteiger partial charge in [0.15, 0.2) is 0 Å². The lowest BCUT2D eigenvalue weighted by Gasteiger charge is -2.05. The van der Waals surface area contributed by atoms with E-state index >= 15 is 0 Å². The van der Waals surface area contributed by atoms with E-state index in [-0.39, 0.29) is 5.82 Å². The molecular formula is C11H9FIN3. The molecule has 0 spiro atoms. The van der Waals surface area contributed by atoms with Gasteiger partial charge in [-0.05, 0) is 47.2 Å². The van der Waals surface area contributed by atoms with Crippen LogP contribution in [0.25, 0.3) is 0 Å². The van der Waals surface area contributed by atoms with Gasteiger partial charge in [0, 0.05) is 21.7 Å². The van der Waals surface area contributed by atoms with Crippen molar-refractivity contribution in [3.05, 3.63) is 45.5 Å². The third-order valence-electron chi connectivity index (χ3n) is 2.05. The Labute approximate surface area is 106 Å². The highest BCUT2D eigenvalue weighted by Gasteiger charge is 2.01. The molecule has 1 aromatic heterocycles. The molecule has 0 amide bonds. The molecule has 2 aromatic rings. The highest BCUT2D eigenvalue weighted by atomic mass is 127. The number of hydrogen-bond donors (Lipinski definition) is 1. The molecule has 0 bridgehead atoms. The van der Waals surface area contributed by atoms with Crippen molar-refractivity contribution in [2.45, 2.75) is 6.92 Å². The summed E-state index contributed by atoms with van der Waals surface area (Å²) in [5, 5.41) is 2.93. The van der Waals surface area contributed by atoms with E-state index in [1.54, 1.807) is 31.5 Å². The van der Waals surface area contributed by atoms with Gasteiger partial charge in [0.1, 0.15) is 5.82 Å². The van der Waals surface area contributed by atoms with Crippen LogP contribution in [0.5, 0.6) is 0 Å². The summed E-state index contributed by atoms with van der Waals surface area (Å²) in [6, 6.07) is 4.93. The molecular weight excluding hydrogens is 320 g/mol. The molecule has 0 atom stereocenters. The van der Waals surface area contributed by atoms with Gasteiger partial charge in [0.25, 0.3) is 0 Å². The van der Waals surface area contributed by atoms with Crippen molar-refractivity contribution in [1.82, 2.24) is 9.97 Å². The molecule has 2 rings (SSSR count). The summed E-state index contributed by atoms with van der Waals surface area (Å²) in [5.74, 6) is 0.221. The first kappa shape index (κ1) is 11.3. The van der Waals surface area contributed by atoms with Crippen molar-refractivity contribution in [3.8, 4) is 0 Å². The molecule has 0 saturated carbocycles. The van der Waals surface area contributed by atoms with Crippen LogP contribution in [-0.4, -0.2) is 9.97 Å². The number of halogens is 2. The van der Waals surface area contributed by atoms with Gasteiger partial charge in [-0.3, -0.25) is 0 Å². The van der Waals surface area contributed by atoms with E-state index < -0.39 is 0 Å². The highest BCUT2D eigenvalue weighted by Crippen LogP contribution is 2.16. The van der Waals surface area contributed by atoms with Crippen LogP contribution in [-0.2, 0) is 0 Å². The Morgan fingerprint density at radius 1 is 1.25 bits per heavy atom. The Morgan fingerprint density at radius 3 is 2.56 bits per heavy atom. The Kier molecular flexibility index (Phi) is 3.33. The van der Waals surface area contributed by atoms with Gasteiger partial charge in [0.2, 0.25) is 5.95 Å². The van der Waals surface area contributed by atoms with Crippen LogP contribution in [0.1, 0.15) is 5.56 Å². The molecule has 0 unspecified atom stereocenters. The van der Waals surface area contributed by atoms with Crippen LogP contribution in [0, 0.1) is 16.3 Å². The zero-order chi connectivity index (χ0) is 11.5. The van der Waals surface area contributed by atoms with E-state index in [2.05, 4.69) is 37.9 Å². The fourth-order valence-corrected chi connectivity index (χ4v) is 1.46. The van der Waals surface area contributed by atoms with Gasteiger partial charge in [-0.25, -0.2) is 14.4 Å². The number of nitrogens with zero attached hydrogens (tertiary/aromatic N) is 2. The summed E-state index contributed by atoms with van der Waals surface area (Å²) in [6.07, 6.45) is 3.39. The van der Waals surface area contributed by atoms with Gasteiger partial charge < -0.3 is 5.32 Å². The molecule has 0 aliphatic carbocycles. The van der Waals surface area contributed by atoms with Gasteiger partial charge in [-0.15, -0.1) is 0 Å². The second-order valence-corrected chi connectivity index (χ2v) is 4.56. The van der Waals surface area contributed by atoms with Crippen molar-refractivity contribution < 1.29 is 4.39 Å². The number of anilines is 2. The molecule has 3 nitrogen and oxygen atoms in total. The fourth-order valence-electron chi connectivity index (χ4n) is 1.18. The van der Waals surface area contributed by atoms with Crippen LogP contribution >= 0.6 is 22.6 Å². The number of rotatable bonds is 2. The van der Waals surface area contributed by atoms with E-state index in [1.165, 1.54) is 6.07 Å². The maximum atomic E-state index is 13.3. The number of benzene rings is 1. The smallest absolute Gasteiger partial charge is 0.227 e. The van der Waals surface area contributed by atoms with Gasteiger partial charge >= 0.3 is 0 Å². The second-order valence-electron chi connectivity index (χ2n) is 3.31. The minimum atomic E-state index is -0.240. The number of aryl methyl sites for hydroxylation is 1. The first-order chi connectivity index (χ1) is 7.65. The monoisotopic (exact) mass is 329 g/mol. The molecule has 0 radical (unpaired) electrons. The molecule has 16 heavy (non-hydrogen) atoms. The number of nitrogens with one attached hydrogen (secondary N) is 1. The molecule has 1 heterocycles. The lowest BCUT2D eigenvalue weighted by molar-refractivity contribution is 0.619. The first-order valence-corrected chi connectivity index (χ1v) is 5.74. The summed E-state index contributed by atoms with van der Waals surface area (Å²) < 4.78 is 14.2. The molecule has 82 valence electrons. The quantitative estimate of drug-likeness (QED) is 0.860. The Hall–Kier alpha value is -1.24. The zero-order valence-corrected chi connectivity index (χ0v) is 10.7. The number of aromatic nitrogens is 2. The SMILES string of the molecule is Cc1ccc(Nc2ncc(I)cn2)cc1F. The van der Waals surface area contributed by atoms with Crippen molar-refractivity contribution >= 4 is 34.2 Å². The second kappa shape index (κ2) is 4.73. The molecule has 0 aliphatic heterocycles. The fraction of sp³-hybridized carbons (Fsp3) is 0.0909. The van der Waals surface area contributed by atoms with Gasteiger partial charge in [0.05, 0.1) is 0 Å². The normalized spacial score (nSPS) is 10.2. The Morgan fingerprint density at radius 2 is 1.94 bits per heavy atom. The van der Waals surface area contributed by atoms with Crippen LogP contribution in [0.15, 0.2) is 30.6 Å². The van der Waals surface area contributed by atoms with Crippen LogP contribution in [0.4, 0.5) is 16.0 Å². The summed E-state index contributed by atoms with van der Waals surface area (Å²) in [4.78, 5) is 8.15. The predicted molar refractivity (Wildman–Crippen MR) is 69.2 cm³/mol. The van der Waals surface area contributed by atoms with Crippen molar-refractivity contribution in [2.24, 2.45) is 0 Å². The maximum absolute atomic E-state index is 13.3. The molecule has 0 aliphatic rings. The molecule has 5 heteroatoms. The van der Waals surface area contributed by atoms with Crippen molar-refractivity contribution in [2.75, 3.05) is 5.32 Å². The summed E-state index contributed by atoms with van der Waals surface area (Å²) in [7, 11) is 0. The van der Waals surface area contributed by atoms with Gasteiger partial charge in [-0.2, -0.15) is 0 Å². The van der Waals surface area contributed by atoms with Crippen LogP contribution in [0.3, 0.4) is 0 Å². The van der Waals surface area contributed by atoms with E-state index in [9.17, 15) is 4.39 Å². The largest absolute Gasteiger partial charge is 0.324 e. The van der Waals surface area contributed by atoms with Gasteiger partial charge in [-0.1, -0.05) is 6.07 Å². The van der Waals surface area contributed by atoms with E-state index in [1.807, 2.05) is 0 Å². The molecule has 1 aromatic carbocycles. The van der Waals surface area contributed by atoms with E-state index in [0.717, 1.165) is 3.57 Å². The lowest BCUT2D eigenvalue weighted by atomic mass is 10.2. The molecule has 1 N–H and O–H groups in total. The minimum Gasteiger partial charge on any atom is -0.324 e. The van der Waals surface area contributed by atoms with Crippen molar-refractivity contribution in [1.29, 1.82) is 0 Å². The summed E-state index contributed by atoms with van der Waals surface area (Å²) in [6.45, 7) is 1.72. The highest BCUT2D eigenvalue weighted by molar-refractivity contribution is 14.1. The summed E-state index contributed by atoms with van der Waals surface area (Å²) in [5.41, 5.74) is 1.26. The van der Waals surface area contributed by atoms with E-state index in [4.69, 9.17) is 0 Å². The minimum absolute atomic E-state index is 0.240. The van der Waals surface area contributed by atoms with E-state index in [0.29, 0.717) is 17.2 Å². The topological polar surface area (TPSA) is 37.8 Å². The van der Waals surface area contributed by atoms with Crippen LogP contribution in [0.2, 0.25) is 0 Å². The third kappa shape index (κ3) is 2.66. The Bertz CT molecular complexity index is 499. The maximum Gasteiger partial charge on any atom is 0.227 e. The zero-order valence-electron chi connectivity index (χ0n) is 8.54. The van der Waals surface area contributed by atoms with Crippen molar-refractivity contribution in [3.63, 3.8) is 0 Å². The lowest BCUT2D eigenvalue weighted by Crippen LogP contribution is -1.97. The van der Waals surface area contributed by atoms with Crippen LogP contribution < -0.4 is 5.32 Å². The number of hydrogen-bond acceptors (Lipinski definition) is 3. The molecule has 0 fully saturated rings. The third-order valence-corrected chi connectivity index (χ3v) is 2.61.